The number of nitrogens with zero attached hydrogens (tertiary/aromatic N) is 2. The summed E-state index contributed by atoms with van der Waals surface area (Å²) in [4.78, 5) is 21.8. The van der Waals surface area contributed by atoms with Crippen LogP contribution in [0.15, 0.2) is 53.5 Å². The predicted octanol–water partition coefficient (Wildman–Crippen LogP) is 1.42. The first-order chi connectivity index (χ1) is 10.1. The molecule has 108 valence electrons. The van der Waals surface area contributed by atoms with Crippen molar-refractivity contribution in [3.63, 3.8) is 0 Å². The molecule has 1 aromatic carbocycles. The van der Waals surface area contributed by atoms with E-state index in [0.717, 1.165) is 11.6 Å². The fourth-order valence-corrected chi connectivity index (χ4v) is 1.65. The molecule has 0 spiro atoms. The minimum absolute atomic E-state index is 0.171. The van der Waals surface area contributed by atoms with Crippen LogP contribution in [0.5, 0.6) is 5.75 Å². The van der Waals surface area contributed by atoms with E-state index in [4.69, 9.17) is 9.84 Å². The predicted molar refractivity (Wildman–Crippen MR) is 77.1 cm³/mol. The maximum absolute atomic E-state index is 11.4. The summed E-state index contributed by atoms with van der Waals surface area (Å²) < 4.78 is 6.83. The molecule has 1 aromatic heterocycles. The van der Waals surface area contributed by atoms with Gasteiger partial charge in [-0.3, -0.25) is 4.79 Å². The normalized spacial score (nSPS) is 10.7. The number of aromatic nitrogens is 2. The standard InChI is InChI=1S/C15H14N2O4/c18-14-2-1-9-16-17(14)10-11-21-13-6-3-12(4-7-13)5-8-15(19)20/h1-9H,10-11H2,(H,19,20). The van der Waals surface area contributed by atoms with Crippen molar-refractivity contribution < 1.29 is 14.6 Å². The molecule has 0 aliphatic rings. The van der Waals surface area contributed by atoms with Gasteiger partial charge < -0.3 is 9.84 Å². The Balaban J connectivity index is 1.88. The zero-order valence-electron chi connectivity index (χ0n) is 11.2. The van der Waals surface area contributed by atoms with Gasteiger partial charge in [0, 0.05) is 18.3 Å². The minimum Gasteiger partial charge on any atom is -0.492 e. The number of carboxylic acid groups (broad SMARTS) is 1. The lowest BCUT2D eigenvalue weighted by molar-refractivity contribution is -0.131. The van der Waals surface area contributed by atoms with E-state index >= 15 is 0 Å². The zero-order valence-corrected chi connectivity index (χ0v) is 11.2. The van der Waals surface area contributed by atoms with Crippen molar-refractivity contribution in [3.05, 3.63) is 64.6 Å². The number of aliphatic carboxylic acids is 1. The monoisotopic (exact) mass is 286 g/mol. The maximum Gasteiger partial charge on any atom is 0.328 e. The first-order valence-corrected chi connectivity index (χ1v) is 6.31. The SMILES string of the molecule is O=C(O)C=Cc1ccc(OCCn2ncccc2=O)cc1. The van der Waals surface area contributed by atoms with Crippen LogP contribution in [-0.2, 0) is 11.3 Å². The van der Waals surface area contributed by atoms with Gasteiger partial charge in [0.25, 0.3) is 5.56 Å². The highest BCUT2D eigenvalue weighted by Crippen LogP contribution is 2.13. The van der Waals surface area contributed by atoms with Gasteiger partial charge in [-0.1, -0.05) is 12.1 Å². The lowest BCUT2D eigenvalue weighted by Gasteiger charge is -2.07. The smallest absolute Gasteiger partial charge is 0.328 e. The van der Waals surface area contributed by atoms with Crippen molar-refractivity contribution in [1.82, 2.24) is 9.78 Å². The molecule has 0 amide bonds. The van der Waals surface area contributed by atoms with Crippen LogP contribution in [0.3, 0.4) is 0 Å². The van der Waals surface area contributed by atoms with E-state index in [9.17, 15) is 9.59 Å². The average Bonchev–Trinajstić information content (AvgIpc) is 2.48. The quantitative estimate of drug-likeness (QED) is 0.812. The van der Waals surface area contributed by atoms with Gasteiger partial charge in [0.1, 0.15) is 12.4 Å². The van der Waals surface area contributed by atoms with Crippen molar-refractivity contribution in [3.8, 4) is 5.75 Å². The van der Waals surface area contributed by atoms with Crippen molar-refractivity contribution in [2.24, 2.45) is 0 Å². The molecule has 6 heteroatoms. The molecular weight excluding hydrogens is 272 g/mol. The van der Waals surface area contributed by atoms with Gasteiger partial charge in [-0.25, -0.2) is 9.48 Å². The molecule has 0 aliphatic heterocycles. The number of hydrogen-bond donors (Lipinski definition) is 1. The molecule has 0 saturated heterocycles. The minimum atomic E-state index is -0.990. The summed E-state index contributed by atoms with van der Waals surface area (Å²) in [6.45, 7) is 0.682. The van der Waals surface area contributed by atoms with E-state index in [-0.39, 0.29) is 5.56 Å². The molecule has 6 nitrogen and oxygen atoms in total. The Morgan fingerprint density at radius 1 is 1.29 bits per heavy atom. The molecule has 2 aromatic rings. The highest BCUT2D eigenvalue weighted by Gasteiger charge is 1.97. The molecule has 0 unspecified atom stereocenters. The van der Waals surface area contributed by atoms with Crippen LogP contribution in [-0.4, -0.2) is 27.5 Å². The largest absolute Gasteiger partial charge is 0.492 e. The van der Waals surface area contributed by atoms with E-state index in [1.54, 1.807) is 36.5 Å². The van der Waals surface area contributed by atoms with Gasteiger partial charge in [0.15, 0.2) is 0 Å². The summed E-state index contributed by atoms with van der Waals surface area (Å²) >= 11 is 0. The molecule has 0 atom stereocenters. The van der Waals surface area contributed by atoms with Gasteiger partial charge >= 0.3 is 5.97 Å². The van der Waals surface area contributed by atoms with E-state index in [0.29, 0.717) is 18.9 Å². The third kappa shape index (κ3) is 4.61. The Morgan fingerprint density at radius 3 is 2.71 bits per heavy atom. The Morgan fingerprint density at radius 2 is 2.05 bits per heavy atom. The van der Waals surface area contributed by atoms with Crippen molar-refractivity contribution in [2.75, 3.05) is 6.61 Å². The van der Waals surface area contributed by atoms with E-state index < -0.39 is 5.97 Å². The lowest BCUT2D eigenvalue weighted by atomic mass is 10.2. The van der Waals surface area contributed by atoms with Gasteiger partial charge in [0.05, 0.1) is 6.54 Å². The highest BCUT2D eigenvalue weighted by atomic mass is 16.5. The third-order valence-corrected chi connectivity index (χ3v) is 2.66. The lowest BCUT2D eigenvalue weighted by Crippen LogP contribution is -2.24. The second-order valence-electron chi connectivity index (χ2n) is 4.17. The Hall–Kier alpha value is -2.89. The average molecular weight is 286 g/mol. The molecule has 0 bridgehead atoms. The van der Waals surface area contributed by atoms with Crippen LogP contribution in [0.2, 0.25) is 0 Å². The van der Waals surface area contributed by atoms with Gasteiger partial charge in [0.2, 0.25) is 0 Å². The summed E-state index contributed by atoms with van der Waals surface area (Å²) in [7, 11) is 0. The Labute approximate surface area is 120 Å². The van der Waals surface area contributed by atoms with Crippen molar-refractivity contribution in [1.29, 1.82) is 0 Å². The van der Waals surface area contributed by atoms with Gasteiger partial charge in [-0.2, -0.15) is 5.10 Å². The number of benzene rings is 1. The third-order valence-electron chi connectivity index (χ3n) is 2.66. The van der Waals surface area contributed by atoms with Gasteiger partial charge in [-0.15, -0.1) is 0 Å². The molecule has 0 saturated carbocycles. The molecule has 2 rings (SSSR count). The Bertz CT molecular complexity index is 689. The molecule has 21 heavy (non-hydrogen) atoms. The van der Waals surface area contributed by atoms with Crippen molar-refractivity contribution in [2.45, 2.75) is 6.54 Å². The van der Waals surface area contributed by atoms with Crippen LogP contribution < -0.4 is 10.3 Å². The number of ether oxygens (including phenoxy) is 1. The molecular formula is C15H14N2O4. The van der Waals surface area contributed by atoms with Crippen LogP contribution in [0.25, 0.3) is 6.08 Å². The van der Waals surface area contributed by atoms with Crippen LogP contribution >= 0.6 is 0 Å². The molecule has 0 aliphatic carbocycles. The number of carbonyl (C=O) groups is 1. The molecule has 0 radical (unpaired) electrons. The van der Waals surface area contributed by atoms with Crippen molar-refractivity contribution >= 4 is 12.0 Å². The summed E-state index contributed by atoms with van der Waals surface area (Å²) in [6, 6.07) is 10.0. The van der Waals surface area contributed by atoms with E-state index in [1.807, 2.05) is 0 Å². The number of hydrogen-bond acceptors (Lipinski definition) is 4. The Kier molecular flexibility index (Phi) is 4.87. The highest BCUT2D eigenvalue weighted by molar-refractivity contribution is 5.85. The van der Waals surface area contributed by atoms with Crippen LogP contribution in [0.1, 0.15) is 5.56 Å². The van der Waals surface area contributed by atoms with Crippen LogP contribution in [0, 0.1) is 0 Å². The molecule has 1 N–H and O–H groups in total. The molecule has 1 heterocycles. The second-order valence-corrected chi connectivity index (χ2v) is 4.17. The number of rotatable bonds is 6. The summed E-state index contributed by atoms with van der Waals surface area (Å²) in [5, 5.41) is 12.5. The first-order valence-electron chi connectivity index (χ1n) is 6.31. The zero-order chi connectivity index (χ0) is 15.1. The van der Waals surface area contributed by atoms with Gasteiger partial charge in [-0.05, 0) is 29.8 Å². The summed E-state index contributed by atoms with van der Waals surface area (Å²) in [5.74, 6) is -0.345. The second kappa shape index (κ2) is 7.04. The maximum atomic E-state index is 11.4. The first kappa shape index (κ1) is 14.5. The summed E-state index contributed by atoms with van der Waals surface area (Å²) in [5.41, 5.74) is 0.598. The molecule has 0 fully saturated rings. The van der Waals surface area contributed by atoms with Crippen LogP contribution in [0.4, 0.5) is 0 Å². The topological polar surface area (TPSA) is 81.4 Å². The summed E-state index contributed by atoms with van der Waals surface area (Å²) in [6.07, 6.45) is 4.12. The number of carboxylic acids is 1. The van der Waals surface area contributed by atoms with E-state index in [1.165, 1.54) is 16.8 Å². The fourth-order valence-electron chi connectivity index (χ4n) is 1.65. The fraction of sp³-hybridized carbons (Fsp3) is 0.133. The van der Waals surface area contributed by atoms with E-state index in [2.05, 4.69) is 5.10 Å².